The molecule has 1 aromatic carbocycles. The Kier molecular flexibility index (Phi) is 6.60. The minimum atomic E-state index is -0.543. The van der Waals surface area contributed by atoms with Gasteiger partial charge in [-0.05, 0) is 63.6 Å². The predicted octanol–water partition coefficient (Wildman–Crippen LogP) is 4.37. The Morgan fingerprint density at radius 2 is 1.82 bits per heavy atom. The van der Waals surface area contributed by atoms with E-state index in [1.54, 1.807) is 0 Å². The molecule has 1 saturated carbocycles. The van der Waals surface area contributed by atoms with Crippen molar-refractivity contribution in [3.63, 3.8) is 0 Å². The third kappa shape index (κ3) is 4.86. The second-order valence-corrected chi connectivity index (χ2v) is 7.68. The molecule has 1 aliphatic carbocycles. The van der Waals surface area contributed by atoms with E-state index >= 15 is 0 Å². The van der Waals surface area contributed by atoms with Crippen LogP contribution in [0.1, 0.15) is 70.9 Å². The monoisotopic (exact) mass is 386 g/mol. The first kappa shape index (κ1) is 20.2. The van der Waals surface area contributed by atoms with Crippen LogP contribution in [-0.2, 0) is 9.53 Å². The lowest BCUT2D eigenvalue weighted by atomic mass is 9.94. The minimum absolute atomic E-state index is 0.234. The number of nitrogens with one attached hydrogen (secondary N) is 2. The van der Waals surface area contributed by atoms with Crippen LogP contribution in [0.15, 0.2) is 35.5 Å². The molecule has 6 nitrogen and oxygen atoms in total. The highest BCUT2D eigenvalue weighted by Crippen LogP contribution is 2.31. The van der Waals surface area contributed by atoms with Gasteiger partial charge in [0, 0.05) is 5.70 Å². The van der Waals surface area contributed by atoms with Crippen LogP contribution >= 0.6 is 0 Å². The average Bonchev–Trinajstić information content (AvgIpc) is 2.68. The highest BCUT2D eigenvalue weighted by Gasteiger charge is 2.33. The molecule has 1 fully saturated rings. The first-order valence-corrected chi connectivity index (χ1v) is 10.3. The van der Waals surface area contributed by atoms with Crippen molar-refractivity contribution >= 4 is 12.0 Å². The summed E-state index contributed by atoms with van der Waals surface area (Å²) in [4.78, 5) is 24.8. The van der Waals surface area contributed by atoms with Gasteiger partial charge in [-0.15, -0.1) is 0 Å². The Bertz CT molecular complexity index is 733. The quantitative estimate of drug-likeness (QED) is 0.712. The Morgan fingerprint density at radius 3 is 2.43 bits per heavy atom. The van der Waals surface area contributed by atoms with E-state index in [1.165, 1.54) is 19.3 Å². The summed E-state index contributed by atoms with van der Waals surface area (Å²) in [5.41, 5.74) is 1.88. The number of amides is 2. The van der Waals surface area contributed by atoms with Gasteiger partial charge in [0.15, 0.2) is 0 Å². The Hall–Kier alpha value is -2.50. The lowest BCUT2D eigenvalue weighted by molar-refractivity contribution is -0.143. The smallest absolute Gasteiger partial charge is 0.338 e. The van der Waals surface area contributed by atoms with Gasteiger partial charge >= 0.3 is 12.0 Å². The summed E-state index contributed by atoms with van der Waals surface area (Å²) in [6.07, 6.45) is 6.50. The number of ether oxygens (including phenoxy) is 2. The number of urea groups is 1. The van der Waals surface area contributed by atoms with Crippen LogP contribution in [-0.4, -0.2) is 24.2 Å². The number of carbonyl (C=O) groups excluding carboxylic acids is 2. The van der Waals surface area contributed by atoms with Gasteiger partial charge in [0.2, 0.25) is 0 Å². The van der Waals surface area contributed by atoms with Crippen molar-refractivity contribution in [2.75, 3.05) is 0 Å². The molecule has 6 heteroatoms. The number of benzene rings is 1. The molecule has 0 aromatic heterocycles. The number of rotatable bonds is 6. The van der Waals surface area contributed by atoms with E-state index in [4.69, 9.17) is 9.47 Å². The summed E-state index contributed by atoms with van der Waals surface area (Å²) >= 11 is 0. The number of allylic oxidation sites excluding steroid dienone is 1. The lowest BCUT2D eigenvalue weighted by Crippen LogP contribution is -2.46. The zero-order chi connectivity index (χ0) is 20.1. The highest BCUT2D eigenvalue weighted by atomic mass is 16.5. The van der Waals surface area contributed by atoms with Crippen LogP contribution in [0.2, 0.25) is 0 Å². The van der Waals surface area contributed by atoms with Crippen molar-refractivity contribution in [3.8, 4) is 5.75 Å². The maximum atomic E-state index is 12.7. The molecular formula is C22H30N2O4. The third-order valence-corrected chi connectivity index (χ3v) is 5.14. The zero-order valence-electron chi connectivity index (χ0n) is 16.9. The molecule has 1 aliphatic heterocycles. The van der Waals surface area contributed by atoms with Crippen molar-refractivity contribution in [3.05, 3.63) is 41.1 Å². The maximum Gasteiger partial charge on any atom is 0.338 e. The largest absolute Gasteiger partial charge is 0.490 e. The standard InChI is InChI=1S/C22H30N2O4/c1-4-18-19(21(25)27-14(2)3)20(24-22(26)23-18)15-10-12-17(13-11-15)28-16-8-6-5-7-9-16/h10-14,16,20H,4-9H2,1-3H3,(H2,23,24,26). The van der Waals surface area contributed by atoms with Gasteiger partial charge in [0.05, 0.1) is 23.8 Å². The van der Waals surface area contributed by atoms with Gasteiger partial charge in [-0.3, -0.25) is 0 Å². The summed E-state index contributed by atoms with van der Waals surface area (Å²) in [6.45, 7) is 5.53. The lowest BCUT2D eigenvalue weighted by Gasteiger charge is -2.29. The van der Waals surface area contributed by atoms with Gasteiger partial charge in [-0.25, -0.2) is 9.59 Å². The molecule has 1 atom stereocenters. The van der Waals surface area contributed by atoms with Crippen molar-refractivity contribution in [1.29, 1.82) is 0 Å². The van der Waals surface area contributed by atoms with E-state index in [9.17, 15) is 9.59 Å². The molecule has 0 saturated heterocycles. The predicted molar refractivity (Wildman–Crippen MR) is 107 cm³/mol. The minimum Gasteiger partial charge on any atom is -0.490 e. The van der Waals surface area contributed by atoms with Gasteiger partial charge in [0.25, 0.3) is 0 Å². The molecule has 0 radical (unpaired) electrons. The van der Waals surface area contributed by atoms with Crippen molar-refractivity contribution in [2.24, 2.45) is 0 Å². The number of esters is 1. The Balaban J connectivity index is 1.82. The van der Waals surface area contributed by atoms with Gasteiger partial charge in [-0.1, -0.05) is 25.5 Å². The fourth-order valence-electron chi connectivity index (χ4n) is 3.78. The summed E-state index contributed by atoms with van der Waals surface area (Å²) in [6, 6.07) is 6.78. The molecule has 1 aromatic rings. The van der Waals surface area contributed by atoms with Crippen LogP contribution in [0.25, 0.3) is 0 Å². The fourth-order valence-corrected chi connectivity index (χ4v) is 3.78. The highest BCUT2D eigenvalue weighted by molar-refractivity contribution is 5.95. The molecule has 1 unspecified atom stereocenters. The summed E-state index contributed by atoms with van der Waals surface area (Å²) < 4.78 is 11.5. The normalized spacial score (nSPS) is 20.6. The molecular weight excluding hydrogens is 356 g/mol. The molecule has 1 heterocycles. The molecule has 2 amide bonds. The van der Waals surface area contributed by atoms with E-state index in [1.807, 2.05) is 45.0 Å². The molecule has 0 bridgehead atoms. The van der Waals surface area contributed by atoms with Gasteiger partial charge in [0.1, 0.15) is 5.75 Å². The van der Waals surface area contributed by atoms with E-state index in [0.717, 1.165) is 24.2 Å². The van der Waals surface area contributed by atoms with E-state index in [2.05, 4.69) is 10.6 Å². The third-order valence-electron chi connectivity index (χ3n) is 5.14. The van der Waals surface area contributed by atoms with Crippen LogP contribution in [0.3, 0.4) is 0 Å². The maximum absolute atomic E-state index is 12.7. The van der Waals surface area contributed by atoms with Gasteiger partial charge in [-0.2, -0.15) is 0 Å². The van der Waals surface area contributed by atoms with E-state index in [0.29, 0.717) is 17.7 Å². The summed E-state index contributed by atoms with van der Waals surface area (Å²) in [5.74, 6) is 0.411. The van der Waals surface area contributed by atoms with Crippen molar-refractivity contribution in [1.82, 2.24) is 10.6 Å². The SMILES string of the molecule is CCC1=C(C(=O)OC(C)C)C(c2ccc(OC3CCCCC3)cc2)NC(=O)N1. The van der Waals surface area contributed by atoms with Crippen LogP contribution < -0.4 is 15.4 Å². The number of hydrogen-bond acceptors (Lipinski definition) is 4. The first-order valence-electron chi connectivity index (χ1n) is 10.3. The zero-order valence-corrected chi connectivity index (χ0v) is 16.9. The first-order chi connectivity index (χ1) is 13.5. The summed E-state index contributed by atoms with van der Waals surface area (Å²) in [7, 11) is 0. The van der Waals surface area contributed by atoms with Crippen molar-refractivity contribution < 1.29 is 19.1 Å². The average molecular weight is 386 g/mol. The van der Waals surface area contributed by atoms with Crippen LogP contribution in [0, 0.1) is 0 Å². The van der Waals surface area contributed by atoms with Crippen molar-refractivity contribution in [2.45, 2.75) is 77.5 Å². The molecule has 3 rings (SSSR count). The second-order valence-electron chi connectivity index (χ2n) is 7.68. The summed E-state index contributed by atoms with van der Waals surface area (Å²) in [5, 5.41) is 5.59. The molecule has 2 N–H and O–H groups in total. The van der Waals surface area contributed by atoms with Gasteiger partial charge < -0.3 is 20.1 Å². The topological polar surface area (TPSA) is 76.7 Å². The second kappa shape index (κ2) is 9.13. The Morgan fingerprint density at radius 1 is 1.14 bits per heavy atom. The fraction of sp³-hybridized carbons (Fsp3) is 0.545. The number of hydrogen-bond donors (Lipinski definition) is 2. The molecule has 28 heavy (non-hydrogen) atoms. The van der Waals surface area contributed by atoms with E-state index in [-0.39, 0.29) is 18.2 Å². The number of carbonyl (C=O) groups is 2. The molecule has 2 aliphatic rings. The van der Waals surface area contributed by atoms with Crippen LogP contribution in [0.4, 0.5) is 4.79 Å². The Labute approximate surface area is 166 Å². The molecule has 152 valence electrons. The van der Waals surface area contributed by atoms with E-state index < -0.39 is 12.0 Å². The molecule has 0 spiro atoms. The van der Waals surface area contributed by atoms with Crippen LogP contribution in [0.5, 0.6) is 5.75 Å².